The number of hydrogen-bond donors (Lipinski definition) is 5. The van der Waals surface area contributed by atoms with Crippen molar-refractivity contribution in [3.8, 4) is 0 Å². The average molecular weight is 282 g/mol. The van der Waals surface area contributed by atoms with Gasteiger partial charge in [0.2, 0.25) is 0 Å². The Hall–Kier alpha value is -0.0900. The maximum absolute atomic E-state index is 10.9. The van der Waals surface area contributed by atoms with Crippen LogP contribution in [0.25, 0.3) is 0 Å². The molecule has 0 amide bonds. The van der Waals surface area contributed by atoms with E-state index in [1.54, 1.807) is 0 Å². The van der Waals surface area contributed by atoms with Crippen LogP contribution in [-0.4, -0.2) is 77.6 Å². The van der Waals surface area contributed by atoms with Crippen molar-refractivity contribution in [2.45, 2.75) is 49.1 Å². The van der Waals surface area contributed by atoms with Crippen molar-refractivity contribution >= 4 is 10.8 Å². The zero-order valence-electron chi connectivity index (χ0n) is 9.68. The zero-order valence-corrected chi connectivity index (χ0v) is 10.5. The van der Waals surface area contributed by atoms with E-state index in [4.69, 9.17) is 4.74 Å². The van der Waals surface area contributed by atoms with Gasteiger partial charge in [-0.15, -0.1) is 0 Å². The molecule has 5 atom stereocenters. The van der Waals surface area contributed by atoms with Gasteiger partial charge in [-0.1, -0.05) is 0 Å². The topological polar surface area (TPSA) is 127 Å². The van der Waals surface area contributed by atoms with Crippen molar-refractivity contribution < 1.29 is 34.5 Å². The first-order valence-electron chi connectivity index (χ1n) is 5.77. The summed E-state index contributed by atoms with van der Waals surface area (Å²) in [6, 6.07) is 0. The Morgan fingerprint density at radius 1 is 1.11 bits per heavy atom. The minimum atomic E-state index is -1.56. The van der Waals surface area contributed by atoms with Crippen LogP contribution in [0.2, 0.25) is 0 Å². The molecule has 7 nitrogen and oxygen atoms in total. The van der Waals surface area contributed by atoms with Gasteiger partial charge in [0.25, 0.3) is 0 Å². The van der Waals surface area contributed by atoms with E-state index in [-0.39, 0.29) is 24.3 Å². The van der Waals surface area contributed by atoms with Crippen molar-refractivity contribution in [2.24, 2.45) is 0 Å². The molecule has 18 heavy (non-hydrogen) atoms. The quantitative estimate of drug-likeness (QED) is 0.375. The smallest absolute Gasteiger partial charge is 0.183 e. The van der Waals surface area contributed by atoms with Gasteiger partial charge in [0.05, 0.1) is 23.2 Å². The second-order valence-electron chi connectivity index (χ2n) is 5.03. The monoisotopic (exact) mass is 282 g/mol. The van der Waals surface area contributed by atoms with E-state index in [0.29, 0.717) is 0 Å². The maximum Gasteiger partial charge on any atom is 0.183 e. The lowest BCUT2D eigenvalue weighted by Crippen LogP contribution is -2.58. The molecule has 2 aliphatic heterocycles. The summed E-state index contributed by atoms with van der Waals surface area (Å²) in [6.45, 7) is 0. The molecule has 0 aromatic carbocycles. The Morgan fingerprint density at radius 3 is 2.28 bits per heavy atom. The third-order valence-corrected chi connectivity index (χ3v) is 5.16. The summed E-state index contributed by atoms with van der Waals surface area (Å²) in [6.07, 6.45) is -6.31. The standard InChI is InChI=1S/C10H18O7S/c11-6-5(17-9(14)8(13)7(6)12)1-2-10(15)3-18(16)4-10/h5-9,11-15H,1-4H2/t5?,6-,7?,8?,9+,10?,18?/m1/s1. The van der Waals surface area contributed by atoms with Crippen molar-refractivity contribution in [3.63, 3.8) is 0 Å². The lowest BCUT2D eigenvalue weighted by atomic mass is 9.92. The molecule has 0 spiro atoms. The minimum Gasteiger partial charge on any atom is -0.388 e. The molecule has 0 bridgehead atoms. The number of aliphatic hydroxyl groups is 5. The van der Waals surface area contributed by atoms with Crippen LogP contribution < -0.4 is 0 Å². The highest BCUT2D eigenvalue weighted by atomic mass is 32.2. The van der Waals surface area contributed by atoms with Crippen LogP contribution in [0, 0.1) is 0 Å². The minimum absolute atomic E-state index is 0.198. The summed E-state index contributed by atoms with van der Waals surface area (Å²) >= 11 is 0. The molecule has 5 N–H and O–H groups in total. The van der Waals surface area contributed by atoms with Crippen LogP contribution in [0.5, 0.6) is 0 Å². The summed E-state index contributed by atoms with van der Waals surface area (Å²) in [4.78, 5) is 0. The molecule has 2 fully saturated rings. The van der Waals surface area contributed by atoms with E-state index in [9.17, 15) is 29.7 Å². The summed E-state index contributed by atoms with van der Waals surface area (Å²) in [5.41, 5.74) is -1.01. The SMILES string of the molecule is O=S1CC(O)(CCC2O[C@H](O)C(O)C(O)[C@@H]2O)C1. The van der Waals surface area contributed by atoms with Crippen LogP contribution >= 0.6 is 0 Å². The fraction of sp³-hybridized carbons (Fsp3) is 1.00. The molecule has 0 aromatic rings. The van der Waals surface area contributed by atoms with E-state index in [1.165, 1.54) is 0 Å². The fourth-order valence-electron chi connectivity index (χ4n) is 2.28. The molecule has 0 saturated carbocycles. The van der Waals surface area contributed by atoms with Gasteiger partial charge >= 0.3 is 0 Å². The molecule has 0 aliphatic carbocycles. The van der Waals surface area contributed by atoms with Crippen molar-refractivity contribution in [2.75, 3.05) is 11.5 Å². The predicted molar refractivity (Wildman–Crippen MR) is 61.0 cm³/mol. The van der Waals surface area contributed by atoms with Gasteiger partial charge in [0, 0.05) is 10.8 Å². The van der Waals surface area contributed by atoms with Gasteiger partial charge in [0.15, 0.2) is 6.29 Å². The summed E-state index contributed by atoms with van der Waals surface area (Å²) in [7, 11) is -0.988. The number of aliphatic hydroxyl groups excluding tert-OH is 4. The second kappa shape index (κ2) is 5.12. The molecule has 0 aromatic heterocycles. The molecule has 106 valence electrons. The molecule has 2 saturated heterocycles. The average Bonchev–Trinajstić information content (AvgIpc) is 2.28. The Bertz CT molecular complexity index is 328. The Kier molecular flexibility index (Phi) is 4.07. The zero-order chi connectivity index (χ0) is 13.5. The molecular formula is C10H18O7S. The molecule has 3 unspecified atom stereocenters. The molecular weight excluding hydrogens is 264 g/mol. The third-order valence-electron chi connectivity index (χ3n) is 3.44. The van der Waals surface area contributed by atoms with Crippen LogP contribution in [0.4, 0.5) is 0 Å². The highest BCUT2D eigenvalue weighted by molar-refractivity contribution is 7.86. The first kappa shape index (κ1) is 14.3. The normalized spacial score (nSPS) is 52.9. The molecule has 0 radical (unpaired) electrons. The van der Waals surface area contributed by atoms with Gasteiger partial charge in [-0.2, -0.15) is 0 Å². The van der Waals surface area contributed by atoms with Crippen LogP contribution in [0.1, 0.15) is 12.8 Å². The maximum atomic E-state index is 10.9. The van der Waals surface area contributed by atoms with E-state index in [2.05, 4.69) is 0 Å². The molecule has 2 aliphatic rings. The first-order valence-corrected chi connectivity index (χ1v) is 7.26. The molecule has 2 heterocycles. The summed E-state index contributed by atoms with van der Waals surface area (Å²) in [5.74, 6) is 0.396. The van der Waals surface area contributed by atoms with E-state index < -0.39 is 47.1 Å². The first-order chi connectivity index (χ1) is 8.32. The molecule has 2 rings (SSSR count). The van der Waals surface area contributed by atoms with Gasteiger partial charge in [0.1, 0.15) is 18.3 Å². The van der Waals surface area contributed by atoms with Crippen LogP contribution in [0.15, 0.2) is 0 Å². The Morgan fingerprint density at radius 2 is 1.72 bits per heavy atom. The van der Waals surface area contributed by atoms with E-state index >= 15 is 0 Å². The van der Waals surface area contributed by atoms with Crippen molar-refractivity contribution in [3.05, 3.63) is 0 Å². The number of hydrogen-bond acceptors (Lipinski definition) is 7. The lowest BCUT2D eigenvalue weighted by Gasteiger charge is -2.41. The van der Waals surface area contributed by atoms with Crippen molar-refractivity contribution in [1.82, 2.24) is 0 Å². The third kappa shape index (κ3) is 2.74. The molecule has 8 heteroatoms. The highest BCUT2D eigenvalue weighted by Gasteiger charge is 2.45. The summed E-state index contributed by atoms with van der Waals surface area (Å²) < 4.78 is 15.9. The summed E-state index contributed by atoms with van der Waals surface area (Å²) in [5, 5.41) is 47.6. The Labute approximate surface area is 106 Å². The van der Waals surface area contributed by atoms with E-state index in [1.807, 2.05) is 0 Å². The van der Waals surface area contributed by atoms with Gasteiger partial charge in [-0.05, 0) is 12.8 Å². The van der Waals surface area contributed by atoms with Crippen LogP contribution in [-0.2, 0) is 15.5 Å². The fourth-order valence-corrected chi connectivity index (χ4v) is 3.68. The van der Waals surface area contributed by atoms with Crippen LogP contribution in [0.3, 0.4) is 0 Å². The number of ether oxygens (including phenoxy) is 1. The van der Waals surface area contributed by atoms with Gasteiger partial charge in [-0.3, -0.25) is 4.21 Å². The second-order valence-corrected chi connectivity index (χ2v) is 6.49. The van der Waals surface area contributed by atoms with Crippen molar-refractivity contribution in [1.29, 1.82) is 0 Å². The highest BCUT2D eigenvalue weighted by Crippen LogP contribution is 2.29. The van der Waals surface area contributed by atoms with Gasteiger partial charge in [-0.25, -0.2) is 0 Å². The number of rotatable bonds is 3. The lowest BCUT2D eigenvalue weighted by molar-refractivity contribution is -0.283. The predicted octanol–water partition coefficient (Wildman–Crippen LogP) is -2.94. The van der Waals surface area contributed by atoms with Gasteiger partial charge < -0.3 is 30.3 Å². The van der Waals surface area contributed by atoms with E-state index in [0.717, 1.165) is 0 Å². The largest absolute Gasteiger partial charge is 0.388 e. The Balaban J connectivity index is 1.87.